The molecule has 2 aromatic rings. The second kappa shape index (κ2) is 13.2. The van der Waals surface area contributed by atoms with Crippen molar-refractivity contribution in [1.29, 1.82) is 0 Å². The fraction of sp³-hybridized carbons (Fsp3) is 0.452. The molecule has 1 aliphatic carbocycles. The number of likely N-dealkylation sites (N-methyl/N-ethyl adjacent to an activating group) is 1. The fourth-order valence-electron chi connectivity index (χ4n) is 4.73. The van der Waals surface area contributed by atoms with E-state index >= 15 is 0 Å². The molecule has 8 heteroatoms. The summed E-state index contributed by atoms with van der Waals surface area (Å²) >= 11 is 0. The van der Waals surface area contributed by atoms with Crippen LogP contribution in [0.25, 0.3) is 0 Å². The van der Waals surface area contributed by atoms with Gasteiger partial charge < -0.3 is 25.4 Å². The van der Waals surface area contributed by atoms with Gasteiger partial charge >= 0.3 is 6.09 Å². The highest BCUT2D eigenvalue weighted by Crippen LogP contribution is 2.25. The molecule has 0 bridgehead atoms. The number of aromatic hydroxyl groups is 1. The molecular formula is C31H39N3O5. The molecule has 0 spiro atoms. The largest absolute Gasteiger partial charge is 0.508 e. The van der Waals surface area contributed by atoms with Gasteiger partial charge in [-0.25, -0.2) is 4.79 Å². The number of carbonyl (C=O) groups excluding carboxylic acids is 3. The van der Waals surface area contributed by atoms with Crippen LogP contribution >= 0.6 is 0 Å². The molecule has 3 N–H and O–H groups in total. The van der Waals surface area contributed by atoms with Gasteiger partial charge in [0, 0.05) is 25.1 Å². The Bertz CT molecular complexity index is 1170. The van der Waals surface area contributed by atoms with Crippen molar-refractivity contribution in [3.63, 3.8) is 0 Å². The molecule has 3 rings (SSSR count). The minimum atomic E-state index is -1.02. The van der Waals surface area contributed by atoms with Gasteiger partial charge in [0.1, 0.15) is 23.4 Å². The van der Waals surface area contributed by atoms with Crippen molar-refractivity contribution in [3.05, 3.63) is 65.2 Å². The van der Waals surface area contributed by atoms with E-state index in [1.165, 1.54) is 17.0 Å². The molecule has 39 heavy (non-hydrogen) atoms. The number of rotatable bonds is 8. The van der Waals surface area contributed by atoms with E-state index in [-0.39, 0.29) is 24.1 Å². The first-order chi connectivity index (χ1) is 18.5. The van der Waals surface area contributed by atoms with Crippen LogP contribution < -0.4 is 10.6 Å². The quantitative estimate of drug-likeness (QED) is 0.435. The molecule has 0 radical (unpaired) electrons. The number of phenols is 1. The highest BCUT2D eigenvalue weighted by Gasteiger charge is 2.35. The van der Waals surface area contributed by atoms with Crippen molar-refractivity contribution in [2.24, 2.45) is 0 Å². The Balaban J connectivity index is 1.91. The number of hydrogen-bond donors (Lipinski definition) is 3. The third-order valence-corrected chi connectivity index (χ3v) is 6.69. The number of nitrogens with zero attached hydrogens (tertiary/aromatic N) is 1. The molecule has 0 aromatic heterocycles. The van der Waals surface area contributed by atoms with Crippen molar-refractivity contribution in [2.45, 2.75) is 83.0 Å². The van der Waals surface area contributed by atoms with Crippen LogP contribution in [0.1, 0.15) is 75.6 Å². The van der Waals surface area contributed by atoms with Crippen molar-refractivity contribution >= 4 is 17.9 Å². The number of nitrogens with one attached hydrogen (secondary N) is 2. The number of ether oxygens (including phenoxy) is 1. The summed E-state index contributed by atoms with van der Waals surface area (Å²) in [6.07, 6.45) is 9.96. The first-order valence-electron chi connectivity index (χ1n) is 13.4. The number of hydrogen-bond acceptors (Lipinski definition) is 5. The molecular weight excluding hydrogens is 494 g/mol. The molecule has 0 saturated heterocycles. The van der Waals surface area contributed by atoms with Crippen LogP contribution in [0.2, 0.25) is 0 Å². The smallest absolute Gasteiger partial charge is 0.408 e. The van der Waals surface area contributed by atoms with E-state index in [4.69, 9.17) is 11.2 Å². The number of alkyl carbamates (subject to hydrolysis) is 1. The lowest BCUT2D eigenvalue weighted by atomic mass is 9.94. The van der Waals surface area contributed by atoms with Gasteiger partial charge in [0.15, 0.2) is 0 Å². The fourth-order valence-corrected chi connectivity index (χ4v) is 4.73. The normalized spacial score (nSPS) is 15.4. The number of phenolic OH excluding ortho intramolecular Hbond substituents is 1. The topological polar surface area (TPSA) is 108 Å². The molecule has 208 valence electrons. The molecule has 2 unspecified atom stereocenters. The molecule has 2 atom stereocenters. The molecule has 1 saturated carbocycles. The van der Waals surface area contributed by atoms with Gasteiger partial charge in [0.2, 0.25) is 11.8 Å². The second-order valence-corrected chi connectivity index (χ2v) is 11.0. The van der Waals surface area contributed by atoms with Gasteiger partial charge in [0.25, 0.3) is 0 Å². The van der Waals surface area contributed by atoms with Crippen molar-refractivity contribution < 1.29 is 24.2 Å². The number of benzene rings is 2. The minimum absolute atomic E-state index is 0.0508. The van der Waals surface area contributed by atoms with Crippen LogP contribution in [0, 0.1) is 12.3 Å². The summed E-state index contributed by atoms with van der Waals surface area (Å²) in [6.45, 7) is 5.21. The van der Waals surface area contributed by atoms with Gasteiger partial charge in [-0.2, -0.15) is 0 Å². The van der Waals surface area contributed by atoms with Crippen LogP contribution in [0.5, 0.6) is 5.75 Å². The minimum Gasteiger partial charge on any atom is -0.508 e. The zero-order chi connectivity index (χ0) is 28.6. The predicted molar refractivity (Wildman–Crippen MR) is 150 cm³/mol. The molecule has 2 aromatic carbocycles. The average molecular weight is 534 g/mol. The molecule has 0 aliphatic heterocycles. The maximum atomic E-state index is 13.9. The summed E-state index contributed by atoms with van der Waals surface area (Å²) in [7, 11) is 1.56. The molecule has 1 aliphatic rings. The van der Waals surface area contributed by atoms with Crippen LogP contribution in [0.15, 0.2) is 48.5 Å². The van der Waals surface area contributed by atoms with E-state index in [1.54, 1.807) is 64.2 Å². The summed E-state index contributed by atoms with van der Waals surface area (Å²) in [5.74, 6) is 1.92. The van der Waals surface area contributed by atoms with Crippen LogP contribution in [0.3, 0.4) is 0 Å². The summed E-state index contributed by atoms with van der Waals surface area (Å²) in [5.41, 5.74) is 1.23. The lowest BCUT2D eigenvalue weighted by molar-refractivity contribution is -0.141. The third kappa shape index (κ3) is 8.78. The SMILES string of the molecule is C#Cc1ccc(C(C(=O)NC2CCCCC2)N(C)C(=O)C(Cc2ccc(O)cc2)NC(=O)OC(C)(C)C)cc1. The van der Waals surface area contributed by atoms with Gasteiger partial charge in [-0.15, -0.1) is 6.42 Å². The first kappa shape index (κ1) is 29.6. The third-order valence-electron chi connectivity index (χ3n) is 6.69. The Labute approximate surface area is 231 Å². The van der Waals surface area contributed by atoms with Gasteiger partial charge in [0.05, 0.1) is 0 Å². The Morgan fingerprint density at radius 1 is 1.05 bits per heavy atom. The highest BCUT2D eigenvalue weighted by atomic mass is 16.6. The Kier molecular flexibility index (Phi) is 10.00. The standard InChI is InChI=1S/C31H39N3O5/c1-6-21-12-16-23(17-13-21)27(28(36)32-24-10-8-7-9-11-24)34(5)29(37)26(33-30(38)39-31(2,3)4)20-22-14-18-25(35)19-15-22/h1,12-19,24,26-27,35H,7-11,20H2,2-5H3,(H,32,36)(H,33,38). The van der Waals surface area contributed by atoms with Crippen molar-refractivity contribution in [2.75, 3.05) is 7.05 Å². The summed E-state index contributed by atoms with van der Waals surface area (Å²) in [5, 5.41) is 15.5. The maximum absolute atomic E-state index is 13.9. The van der Waals surface area contributed by atoms with E-state index in [0.29, 0.717) is 11.1 Å². The Hall–Kier alpha value is -3.99. The van der Waals surface area contributed by atoms with Gasteiger partial charge in [-0.3, -0.25) is 9.59 Å². The maximum Gasteiger partial charge on any atom is 0.408 e. The summed E-state index contributed by atoms with van der Waals surface area (Å²) in [6, 6.07) is 11.5. The molecule has 8 nitrogen and oxygen atoms in total. The van der Waals surface area contributed by atoms with E-state index in [2.05, 4.69) is 16.6 Å². The summed E-state index contributed by atoms with van der Waals surface area (Å²) in [4.78, 5) is 41.7. The highest BCUT2D eigenvalue weighted by molar-refractivity contribution is 5.92. The molecule has 1 fully saturated rings. The van der Waals surface area contributed by atoms with Crippen LogP contribution in [0.4, 0.5) is 4.79 Å². The number of carbonyl (C=O) groups is 3. The lowest BCUT2D eigenvalue weighted by Gasteiger charge is -2.33. The zero-order valence-electron chi connectivity index (χ0n) is 23.2. The van der Waals surface area contributed by atoms with Crippen molar-refractivity contribution in [3.8, 4) is 18.1 Å². The van der Waals surface area contributed by atoms with Crippen LogP contribution in [-0.4, -0.2) is 52.6 Å². The van der Waals surface area contributed by atoms with E-state index in [9.17, 15) is 19.5 Å². The van der Waals surface area contributed by atoms with Crippen LogP contribution in [-0.2, 0) is 20.7 Å². The van der Waals surface area contributed by atoms with Gasteiger partial charge in [-0.1, -0.05) is 49.4 Å². The monoisotopic (exact) mass is 533 g/mol. The first-order valence-corrected chi connectivity index (χ1v) is 13.4. The van der Waals surface area contributed by atoms with E-state index < -0.39 is 29.7 Å². The summed E-state index contributed by atoms with van der Waals surface area (Å²) < 4.78 is 5.41. The van der Waals surface area contributed by atoms with Crippen molar-refractivity contribution in [1.82, 2.24) is 15.5 Å². The van der Waals surface area contributed by atoms with E-state index in [0.717, 1.165) is 37.7 Å². The predicted octanol–water partition coefficient (Wildman–Crippen LogP) is 4.46. The molecule has 0 heterocycles. The second-order valence-electron chi connectivity index (χ2n) is 11.0. The Morgan fingerprint density at radius 2 is 1.67 bits per heavy atom. The molecule has 3 amide bonds. The van der Waals surface area contributed by atoms with Gasteiger partial charge in [-0.05, 0) is 69.0 Å². The number of amides is 3. The Morgan fingerprint density at radius 3 is 2.23 bits per heavy atom. The lowest BCUT2D eigenvalue weighted by Crippen LogP contribution is -2.53. The van der Waals surface area contributed by atoms with E-state index in [1.807, 2.05) is 0 Å². The zero-order valence-corrected chi connectivity index (χ0v) is 23.2. The number of terminal acetylenes is 1. The average Bonchev–Trinajstić information content (AvgIpc) is 2.89.